The van der Waals surface area contributed by atoms with Crippen LogP contribution in [0.2, 0.25) is 5.02 Å². The van der Waals surface area contributed by atoms with Gasteiger partial charge >= 0.3 is 0 Å². The van der Waals surface area contributed by atoms with Crippen LogP contribution in [0.5, 0.6) is 11.8 Å². The van der Waals surface area contributed by atoms with E-state index in [0.717, 1.165) is 0 Å². The molecule has 0 bridgehead atoms. The Kier molecular flexibility index (Phi) is 7.33. The van der Waals surface area contributed by atoms with E-state index in [0.29, 0.717) is 11.1 Å². The number of nitrogens with zero attached hydrogens (tertiary/aromatic N) is 3. The zero-order valence-electron chi connectivity index (χ0n) is 17.4. The number of sulfonamides is 1. The predicted molar refractivity (Wildman–Crippen MR) is 120 cm³/mol. The van der Waals surface area contributed by atoms with Crippen molar-refractivity contribution >= 4 is 33.5 Å². The van der Waals surface area contributed by atoms with Crippen LogP contribution in [0.1, 0.15) is 0 Å². The molecule has 0 aliphatic rings. The monoisotopic (exact) mass is 477 g/mol. The third-order valence-electron chi connectivity index (χ3n) is 4.06. The van der Waals surface area contributed by atoms with Crippen molar-refractivity contribution in [2.75, 3.05) is 26.6 Å². The molecule has 10 nitrogen and oxygen atoms in total. The molecule has 0 amide bonds. The number of halogens is 1. The standard InChI is InChI=1S/C20H20ClN5O5S/c1-29-16-12-17(30-2)23-19(22-16)24-20(25-31-3)26-32(27,28)18-14(10-7-11-15(18)21)13-8-5-4-6-9-13/h4-12H,1-3H3,(H2,22,23,24,25,26). The summed E-state index contributed by atoms with van der Waals surface area (Å²) in [5, 5.41) is 6.36. The molecule has 3 rings (SSSR count). The molecule has 0 aliphatic heterocycles. The fraction of sp³-hybridized carbons (Fsp3) is 0.150. The smallest absolute Gasteiger partial charge is 0.266 e. The van der Waals surface area contributed by atoms with E-state index >= 15 is 0 Å². The molecule has 0 radical (unpaired) electrons. The average molecular weight is 478 g/mol. The van der Waals surface area contributed by atoms with Gasteiger partial charge in [0.25, 0.3) is 16.0 Å². The summed E-state index contributed by atoms with van der Waals surface area (Å²) in [7, 11) is -0.123. The molecule has 168 valence electrons. The number of ether oxygens (including phenoxy) is 2. The Morgan fingerprint density at radius 2 is 1.62 bits per heavy atom. The van der Waals surface area contributed by atoms with Crippen molar-refractivity contribution < 1.29 is 22.7 Å². The minimum Gasteiger partial charge on any atom is -0.481 e. The molecule has 0 atom stereocenters. The maximum atomic E-state index is 13.3. The van der Waals surface area contributed by atoms with E-state index in [1.54, 1.807) is 36.4 Å². The first-order valence-corrected chi connectivity index (χ1v) is 11.0. The summed E-state index contributed by atoms with van der Waals surface area (Å²) in [4.78, 5) is 12.8. The molecule has 2 N–H and O–H groups in total. The van der Waals surface area contributed by atoms with E-state index in [-0.39, 0.29) is 33.6 Å². The van der Waals surface area contributed by atoms with Gasteiger partial charge in [0, 0.05) is 5.56 Å². The zero-order valence-corrected chi connectivity index (χ0v) is 18.9. The number of oxime groups is 1. The highest BCUT2D eigenvalue weighted by molar-refractivity contribution is 7.90. The number of methoxy groups -OCH3 is 2. The highest BCUT2D eigenvalue weighted by atomic mass is 35.5. The van der Waals surface area contributed by atoms with Gasteiger partial charge in [-0.3, -0.25) is 5.32 Å². The first-order chi connectivity index (χ1) is 15.4. The quantitative estimate of drug-likeness (QED) is 0.302. The Morgan fingerprint density at radius 1 is 0.969 bits per heavy atom. The van der Waals surface area contributed by atoms with E-state index in [2.05, 4.69) is 25.2 Å². The summed E-state index contributed by atoms with van der Waals surface area (Å²) in [6, 6.07) is 15.3. The van der Waals surface area contributed by atoms with Crippen LogP contribution in [0.3, 0.4) is 0 Å². The molecule has 1 heterocycles. The van der Waals surface area contributed by atoms with Gasteiger partial charge in [-0.2, -0.15) is 9.97 Å². The van der Waals surface area contributed by atoms with E-state index < -0.39 is 10.0 Å². The van der Waals surface area contributed by atoms with Gasteiger partial charge in [-0.05, 0) is 16.8 Å². The van der Waals surface area contributed by atoms with Crippen LogP contribution in [0, 0.1) is 0 Å². The molecule has 0 unspecified atom stereocenters. The Bertz CT molecular complexity index is 1200. The summed E-state index contributed by atoms with van der Waals surface area (Å²) in [5.74, 6) is 0.0387. The molecule has 0 saturated heterocycles. The highest BCUT2D eigenvalue weighted by Crippen LogP contribution is 2.32. The molecule has 12 heteroatoms. The number of nitrogens with one attached hydrogen (secondary N) is 2. The summed E-state index contributed by atoms with van der Waals surface area (Å²) in [6.07, 6.45) is 0. The minimum atomic E-state index is -4.22. The summed E-state index contributed by atoms with van der Waals surface area (Å²) in [6.45, 7) is 0. The van der Waals surface area contributed by atoms with Crippen LogP contribution in [-0.4, -0.2) is 45.7 Å². The normalized spacial score (nSPS) is 11.6. The molecule has 0 spiro atoms. The fourth-order valence-corrected chi connectivity index (χ4v) is 4.46. The first kappa shape index (κ1) is 23.1. The molecule has 32 heavy (non-hydrogen) atoms. The molecule has 0 aliphatic carbocycles. The van der Waals surface area contributed by atoms with Crippen molar-refractivity contribution in [3.63, 3.8) is 0 Å². The Balaban J connectivity index is 1.99. The Hall–Kier alpha value is -3.57. The third kappa shape index (κ3) is 5.37. The topological polar surface area (TPSA) is 124 Å². The lowest BCUT2D eigenvalue weighted by Crippen LogP contribution is -2.37. The highest BCUT2D eigenvalue weighted by Gasteiger charge is 2.25. The largest absolute Gasteiger partial charge is 0.481 e. The first-order valence-electron chi connectivity index (χ1n) is 9.10. The summed E-state index contributed by atoms with van der Waals surface area (Å²) < 4.78 is 39.1. The van der Waals surface area contributed by atoms with Crippen LogP contribution < -0.4 is 19.5 Å². The second-order valence-corrected chi connectivity index (χ2v) is 8.14. The SMILES string of the molecule is CON=C(Nc1nc(OC)cc(OC)n1)NS(=O)(=O)c1c(Cl)cccc1-c1ccccc1. The fourth-order valence-electron chi connectivity index (χ4n) is 2.74. The Morgan fingerprint density at radius 3 is 2.22 bits per heavy atom. The van der Waals surface area contributed by atoms with E-state index in [1.165, 1.54) is 33.5 Å². The summed E-state index contributed by atoms with van der Waals surface area (Å²) >= 11 is 6.30. The van der Waals surface area contributed by atoms with Crippen molar-refractivity contribution in [1.29, 1.82) is 0 Å². The molecule has 0 fully saturated rings. The van der Waals surface area contributed by atoms with Crippen LogP contribution in [0.15, 0.2) is 64.6 Å². The molecular weight excluding hydrogens is 458 g/mol. The van der Waals surface area contributed by atoms with Gasteiger partial charge in [0.2, 0.25) is 17.7 Å². The number of rotatable bonds is 7. The van der Waals surface area contributed by atoms with Gasteiger partial charge in [0.15, 0.2) is 0 Å². The zero-order chi connectivity index (χ0) is 23.1. The van der Waals surface area contributed by atoms with Gasteiger partial charge < -0.3 is 14.3 Å². The number of anilines is 1. The van der Waals surface area contributed by atoms with Gasteiger partial charge in [0.05, 0.1) is 25.3 Å². The van der Waals surface area contributed by atoms with Crippen LogP contribution in [0.25, 0.3) is 11.1 Å². The minimum absolute atomic E-state index is 0.0370. The molecular formula is C20H20ClN5O5S. The van der Waals surface area contributed by atoms with Gasteiger partial charge in [0.1, 0.15) is 12.0 Å². The lowest BCUT2D eigenvalue weighted by atomic mass is 10.1. The van der Waals surface area contributed by atoms with Crippen LogP contribution in [-0.2, 0) is 14.9 Å². The summed E-state index contributed by atoms with van der Waals surface area (Å²) in [5.41, 5.74) is 1.09. The van der Waals surface area contributed by atoms with Gasteiger partial charge in [-0.15, -0.1) is 0 Å². The molecule has 1 aromatic heterocycles. The van der Waals surface area contributed by atoms with E-state index in [9.17, 15) is 8.42 Å². The lowest BCUT2D eigenvalue weighted by molar-refractivity contribution is 0.212. The van der Waals surface area contributed by atoms with Gasteiger partial charge in [-0.25, -0.2) is 13.1 Å². The van der Waals surface area contributed by atoms with Gasteiger partial charge in [-0.1, -0.05) is 54.1 Å². The van der Waals surface area contributed by atoms with Crippen molar-refractivity contribution in [2.24, 2.45) is 5.16 Å². The second kappa shape index (κ2) is 10.2. The van der Waals surface area contributed by atoms with Crippen molar-refractivity contribution in [3.05, 3.63) is 59.6 Å². The Labute approximate surface area is 190 Å². The number of aromatic nitrogens is 2. The van der Waals surface area contributed by atoms with Crippen LogP contribution in [0.4, 0.5) is 5.95 Å². The van der Waals surface area contributed by atoms with E-state index in [1.807, 2.05) is 6.07 Å². The van der Waals surface area contributed by atoms with E-state index in [4.69, 9.17) is 25.9 Å². The van der Waals surface area contributed by atoms with Crippen molar-refractivity contribution in [1.82, 2.24) is 14.7 Å². The molecule has 0 saturated carbocycles. The number of hydrogen-bond acceptors (Lipinski definition) is 8. The molecule has 2 aromatic carbocycles. The second-order valence-electron chi connectivity index (χ2n) is 6.11. The maximum absolute atomic E-state index is 13.3. The number of guanidine groups is 1. The third-order valence-corrected chi connectivity index (χ3v) is 5.93. The number of hydrogen-bond donors (Lipinski definition) is 2. The van der Waals surface area contributed by atoms with Crippen LogP contribution >= 0.6 is 11.6 Å². The van der Waals surface area contributed by atoms with Crippen molar-refractivity contribution in [2.45, 2.75) is 4.90 Å². The van der Waals surface area contributed by atoms with Crippen molar-refractivity contribution in [3.8, 4) is 22.9 Å². The molecule has 3 aromatic rings. The maximum Gasteiger partial charge on any atom is 0.266 e. The average Bonchev–Trinajstić information content (AvgIpc) is 2.78. The lowest BCUT2D eigenvalue weighted by Gasteiger charge is -2.15. The number of benzene rings is 2. The predicted octanol–water partition coefficient (Wildman–Crippen LogP) is 3.12.